The number of benzene rings is 2. The van der Waals surface area contributed by atoms with Crippen molar-refractivity contribution in [2.45, 2.75) is 31.8 Å². The number of fused-ring (bicyclic) bond motifs is 1. The Bertz CT molecular complexity index is 654. The molecule has 1 unspecified atom stereocenters. The summed E-state index contributed by atoms with van der Waals surface area (Å²) < 4.78 is 0. The van der Waals surface area contributed by atoms with Crippen LogP contribution < -0.4 is 10.6 Å². The average molecular weight is 284 g/mol. The lowest BCUT2D eigenvalue weighted by atomic mass is 10.0. The Kier molecular flexibility index (Phi) is 4.06. The molecule has 0 bridgehead atoms. The Morgan fingerprint density at radius 3 is 2.95 bits per heavy atom. The van der Waals surface area contributed by atoms with Crippen LogP contribution in [0.15, 0.2) is 36.4 Å². The fraction of sp³-hybridized carbons (Fsp3) is 0.353. The van der Waals surface area contributed by atoms with Crippen molar-refractivity contribution in [3.05, 3.63) is 42.0 Å². The summed E-state index contributed by atoms with van der Waals surface area (Å²) in [4.78, 5) is 11.9. The van der Waals surface area contributed by atoms with Crippen molar-refractivity contribution in [3.8, 4) is 5.75 Å². The van der Waals surface area contributed by atoms with E-state index in [1.807, 2.05) is 30.3 Å². The summed E-state index contributed by atoms with van der Waals surface area (Å²) in [6, 6.07) is 11.4. The number of carbonyl (C=O) groups is 1. The average Bonchev–Trinajstić information content (AvgIpc) is 2.71. The van der Waals surface area contributed by atoms with Crippen LogP contribution in [0.1, 0.15) is 24.8 Å². The van der Waals surface area contributed by atoms with Crippen molar-refractivity contribution in [1.82, 2.24) is 10.6 Å². The van der Waals surface area contributed by atoms with Gasteiger partial charge in [-0.05, 0) is 36.1 Å². The van der Waals surface area contributed by atoms with Crippen LogP contribution in [0.3, 0.4) is 0 Å². The molecule has 0 spiro atoms. The molecule has 1 saturated heterocycles. The predicted molar refractivity (Wildman–Crippen MR) is 83.1 cm³/mol. The topological polar surface area (TPSA) is 61.4 Å². The molecule has 110 valence electrons. The third-order valence-corrected chi connectivity index (χ3v) is 4.08. The molecule has 2 aromatic rings. The first kappa shape index (κ1) is 13.9. The van der Waals surface area contributed by atoms with Crippen molar-refractivity contribution < 1.29 is 9.90 Å². The molecular formula is C17H20N2O2. The minimum Gasteiger partial charge on any atom is -0.508 e. The summed E-state index contributed by atoms with van der Waals surface area (Å²) in [5.41, 5.74) is 0.852. The molecule has 1 aliphatic rings. The molecule has 0 aliphatic carbocycles. The second-order valence-electron chi connectivity index (χ2n) is 5.50. The summed E-state index contributed by atoms with van der Waals surface area (Å²) in [5.74, 6) is 0.336. The van der Waals surface area contributed by atoms with Gasteiger partial charge < -0.3 is 15.7 Å². The highest BCUT2D eigenvalue weighted by Crippen LogP contribution is 2.27. The van der Waals surface area contributed by atoms with E-state index in [0.29, 0.717) is 6.54 Å². The van der Waals surface area contributed by atoms with E-state index in [4.69, 9.17) is 0 Å². The number of nitrogens with one attached hydrogen (secondary N) is 2. The van der Waals surface area contributed by atoms with E-state index < -0.39 is 0 Å². The van der Waals surface area contributed by atoms with E-state index in [0.717, 1.165) is 42.1 Å². The molecule has 1 fully saturated rings. The largest absolute Gasteiger partial charge is 0.508 e. The minimum atomic E-state index is -0.175. The molecule has 0 saturated carbocycles. The van der Waals surface area contributed by atoms with Crippen molar-refractivity contribution >= 4 is 16.7 Å². The molecule has 21 heavy (non-hydrogen) atoms. The zero-order chi connectivity index (χ0) is 14.7. The van der Waals surface area contributed by atoms with Crippen LogP contribution in [0, 0.1) is 0 Å². The van der Waals surface area contributed by atoms with E-state index in [9.17, 15) is 9.90 Å². The second-order valence-corrected chi connectivity index (χ2v) is 5.50. The molecule has 0 radical (unpaired) electrons. The van der Waals surface area contributed by atoms with E-state index in [2.05, 4.69) is 10.6 Å². The maximum atomic E-state index is 11.9. The van der Waals surface area contributed by atoms with Crippen LogP contribution in [0.25, 0.3) is 10.8 Å². The number of rotatable bonds is 3. The van der Waals surface area contributed by atoms with Crippen molar-refractivity contribution in [3.63, 3.8) is 0 Å². The molecule has 1 heterocycles. The fourth-order valence-corrected chi connectivity index (χ4v) is 2.87. The van der Waals surface area contributed by atoms with Gasteiger partial charge in [0, 0.05) is 18.7 Å². The van der Waals surface area contributed by atoms with Gasteiger partial charge in [-0.3, -0.25) is 4.79 Å². The van der Waals surface area contributed by atoms with Gasteiger partial charge in [-0.1, -0.05) is 30.3 Å². The van der Waals surface area contributed by atoms with Crippen LogP contribution in [0.5, 0.6) is 5.75 Å². The third kappa shape index (κ3) is 3.00. The molecule has 4 nitrogen and oxygen atoms in total. The van der Waals surface area contributed by atoms with E-state index >= 15 is 0 Å². The van der Waals surface area contributed by atoms with Crippen LogP contribution >= 0.6 is 0 Å². The molecule has 1 amide bonds. The van der Waals surface area contributed by atoms with Crippen LogP contribution in [0.4, 0.5) is 0 Å². The van der Waals surface area contributed by atoms with Gasteiger partial charge in [0.25, 0.3) is 0 Å². The molecular weight excluding hydrogens is 264 g/mol. The minimum absolute atomic E-state index is 0.0622. The second kappa shape index (κ2) is 6.14. The fourth-order valence-electron chi connectivity index (χ4n) is 2.87. The van der Waals surface area contributed by atoms with Crippen molar-refractivity contribution in [2.75, 3.05) is 6.54 Å². The van der Waals surface area contributed by atoms with Gasteiger partial charge in [-0.15, -0.1) is 0 Å². The van der Waals surface area contributed by atoms with Crippen LogP contribution in [0.2, 0.25) is 0 Å². The van der Waals surface area contributed by atoms with E-state index in [1.165, 1.54) is 0 Å². The van der Waals surface area contributed by atoms with E-state index in [-0.39, 0.29) is 17.7 Å². The molecule has 3 rings (SSSR count). The number of aromatic hydroxyl groups is 1. The third-order valence-electron chi connectivity index (χ3n) is 4.08. The Labute approximate surface area is 124 Å². The summed E-state index contributed by atoms with van der Waals surface area (Å²) in [7, 11) is 0. The van der Waals surface area contributed by atoms with E-state index in [1.54, 1.807) is 6.07 Å². The van der Waals surface area contributed by atoms with Crippen molar-refractivity contribution in [1.29, 1.82) is 0 Å². The lowest BCUT2D eigenvalue weighted by Gasteiger charge is -2.17. The van der Waals surface area contributed by atoms with Gasteiger partial charge in [-0.2, -0.15) is 0 Å². The van der Waals surface area contributed by atoms with Gasteiger partial charge in [0.15, 0.2) is 0 Å². The molecule has 3 N–H and O–H groups in total. The number of carbonyl (C=O) groups excluding carboxylic acids is 1. The van der Waals surface area contributed by atoms with Crippen molar-refractivity contribution in [2.24, 2.45) is 0 Å². The Hall–Kier alpha value is -2.07. The normalized spacial score (nSPS) is 19.2. The molecule has 0 aromatic heterocycles. The maximum Gasteiger partial charge on any atom is 0.237 e. The maximum absolute atomic E-state index is 11.9. The van der Waals surface area contributed by atoms with Crippen LogP contribution in [-0.2, 0) is 11.3 Å². The van der Waals surface area contributed by atoms with Gasteiger partial charge in [0.05, 0.1) is 6.04 Å². The highest BCUT2D eigenvalue weighted by Gasteiger charge is 2.20. The Balaban J connectivity index is 1.81. The lowest BCUT2D eigenvalue weighted by molar-refractivity contribution is -0.122. The quantitative estimate of drug-likeness (QED) is 0.810. The highest BCUT2D eigenvalue weighted by molar-refractivity contribution is 5.87. The number of amides is 1. The lowest BCUT2D eigenvalue weighted by Crippen LogP contribution is -2.42. The number of phenols is 1. The Morgan fingerprint density at radius 1 is 1.19 bits per heavy atom. The first-order valence-corrected chi connectivity index (χ1v) is 7.46. The highest BCUT2D eigenvalue weighted by atomic mass is 16.3. The molecule has 1 aliphatic heterocycles. The Morgan fingerprint density at radius 2 is 2.05 bits per heavy atom. The van der Waals surface area contributed by atoms with Gasteiger partial charge >= 0.3 is 0 Å². The monoisotopic (exact) mass is 284 g/mol. The molecule has 2 aromatic carbocycles. The predicted octanol–water partition coefficient (Wildman–Crippen LogP) is 2.30. The SMILES string of the molecule is O=C1NCCCCC1NCc1c(O)ccc2ccccc12. The smallest absolute Gasteiger partial charge is 0.237 e. The first-order chi connectivity index (χ1) is 10.3. The molecule has 4 heteroatoms. The summed E-state index contributed by atoms with van der Waals surface area (Å²) in [6.07, 6.45) is 2.92. The summed E-state index contributed by atoms with van der Waals surface area (Å²) in [6.45, 7) is 1.25. The zero-order valence-corrected chi connectivity index (χ0v) is 11.9. The number of hydrogen-bond donors (Lipinski definition) is 3. The summed E-state index contributed by atoms with van der Waals surface area (Å²) in [5, 5.41) is 18.4. The van der Waals surface area contributed by atoms with Gasteiger partial charge in [0.2, 0.25) is 5.91 Å². The standard InChI is InChI=1S/C17H20N2O2/c20-16-9-8-12-5-1-2-6-13(12)14(16)11-19-15-7-3-4-10-18-17(15)21/h1-2,5-6,8-9,15,19-20H,3-4,7,10-11H2,(H,18,21). The van der Waals surface area contributed by atoms with Gasteiger partial charge in [-0.25, -0.2) is 0 Å². The van der Waals surface area contributed by atoms with Gasteiger partial charge in [0.1, 0.15) is 5.75 Å². The zero-order valence-electron chi connectivity index (χ0n) is 11.9. The first-order valence-electron chi connectivity index (χ1n) is 7.46. The van der Waals surface area contributed by atoms with Crippen LogP contribution in [-0.4, -0.2) is 23.6 Å². The number of hydrogen-bond acceptors (Lipinski definition) is 3. The number of phenolic OH excluding ortho intramolecular Hbond substituents is 1. The summed E-state index contributed by atoms with van der Waals surface area (Å²) >= 11 is 0. The molecule has 1 atom stereocenters.